The van der Waals surface area contributed by atoms with Gasteiger partial charge in [0.1, 0.15) is 0 Å². The fourth-order valence-corrected chi connectivity index (χ4v) is 3.79. The Morgan fingerprint density at radius 2 is 1.31 bits per heavy atom. The Labute approximate surface area is 102 Å². The topological polar surface area (TPSA) is 27.7 Å². The Bertz CT molecular complexity index is 143. The second kappa shape index (κ2) is 10.3. The minimum Gasteiger partial charge on any atom is -0.377 e. The molecule has 0 atom stereocenters. The summed E-state index contributed by atoms with van der Waals surface area (Å²) in [6.07, 6.45) is 5.51. The maximum Gasteiger partial charge on any atom is 0.500 e. The highest BCUT2D eigenvalue weighted by Gasteiger charge is 2.38. The molecule has 0 aliphatic carbocycles. The van der Waals surface area contributed by atoms with Gasteiger partial charge in [-0.1, -0.05) is 40.0 Å². The third-order valence-corrected chi connectivity index (χ3v) is 5.53. The van der Waals surface area contributed by atoms with E-state index in [0.29, 0.717) is 0 Å². The summed E-state index contributed by atoms with van der Waals surface area (Å²) >= 11 is 0. The highest BCUT2D eigenvalue weighted by Crippen LogP contribution is 2.18. The molecule has 0 radical (unpaired) electrons. The van der Waals surface area contributed by atoms with Crippen LogP contribution in [0.25, 0.3) is 0 Å². The van der Waals surface area contributed by atoms with E-state index in [-0.39, 0.29) is 0 Å². The van der Waals surface area contributed by atoms with E-state index in [9.17, 15) is 0 Å². The van der Waals surface area contributed by atoms with Crippen molar-refractivity contribution in [3.8, 4) is 0 Å². The van der Waals surface area contributed by atoms with Gasteiger partial charge in [-0.05, 0) is 12.8 Å². The Morgan fingerprint density at radius 3 is 1.62 bits per heavy atom. The molecule has 0 fully saturated rings. The zero-order chi connectivity index (χ0) is 12.3. The summed E-state index contributed by atoms with van der Waals surface area (Å²) in [6, 6.07) is 0.928. The van der Waals surface area contributed by atoms with Gasteiger partial charge in [0.15, 0.2) is 0 Å². The van der Waals surface area contributed by atoms with Crippen molar-refractivity contribution in [2.45, 2.75) is 58.9 Å². The molecule has 98 valence electrons. The van der Waals surface area contributed by atoms with Crippen LogP contribution in [0.5, 0.6) is 0 Å². The first-order valence-corrected chi connectivity index (χ1v) is 8.50. The molecule has 16 heavy (non-hydrogen) atoms. The van der Waals surface area contributed by atoms with Crippen LogP contribution in [-0.2, 0) is 13.3 Å². The molecule has 0 unspecified atom stereocenters. The Hall–Kier alpha value is 0.0969. The Balaban J connectivity index is 4.09. The van der Waals surface area contributed by atoms with E-state index in [0.717, 1.165) is 51.4 Å². The van der Waals surface area contributed by atoms with Gasteiger partial charge in [0.25, 0.3) is 0 Å². The fourth-order valence-electron chi connectivity index (χ4n) is 1.46. The smallest absolute Gasteiger partial charge is 0.377 e. The second-order valence-corrected chi connectivity index (χ2v) is 6.89. The highest BCUT2D eigenvalue weighted by atomic mass is 28.4. The van der Waals surface area contributed by atoms with Crippen molar-refractivity contribution >= 4 is 8.80 Å². The zero-order valence-electron chi connectivity index (χ0n) is 11.4. The van der Waals surface area contributed by atoms with Crippen LogP contribution in [0.3, 0.4) is 0 Å². The van der Waals surface area contributed by atoms with Gasteiger partial charge in [0, 0.05) is 26.4 Å². The Morgan fingerprint density at radius 1 is 0.812 bits per heavy atom. The third kappa shape index (κ3) is 6.63. The highest BCUT2D eigenvalue weighted by molar-refractivity contribution is 6.60. The molecular weight excluding hydrogens is 220 g/mol. The quantitative estimate of drug-likeness (QED) is 0.413. The van der Waals surface area contributed by atoms with E-state index < -0.39 is 8.80 Å². The van der Waals surface area contributed by atoms with Crippen LogP contribution < -0.4 is 0 Å². The molecule has 0 saturated heterocycles. The summed E-state index contributed by atoms with van der Waals surface area (Å²) in [5.74, 6) is 0. The molecule has 3 nitrogen and oxygen atoms in total. The lowest BCUT2D eigenvalue weighted by molar-refractivity contribution is 0.0749. The van der Waals surface area contributed by atoms with Gasteiger partial charge in [-0.15, -0.1) is 0 Å². The van der Waals surface area contributed by atoms with E-state index in [1.807, 2.05) is 0 Å². The van der Waals surface area contributed by atoms with Crippen LogP contribution in [0, 0.1) is 0 Å². The van der Waals surface area contributed by atoms with Gasteiger partial charge < -0.3 is 13.3 Å². The number of unbranched alkanes of at least 4 members (excludes halogenated alkanes) is 2. The lowest BCUT2D eigenvalue weighted by atomic mass is 10.4. The molecular formula is C12H28O3Si. The van der Waals surface area contributed by atoms with Gasteiger partial charge in [0.05, 0.1) is 0 Å². The second-order valence-electron chi connectivity index (χ2n) is 4.04. The summed E-state index contributed by atoms with van der Waals surface area (Å²) in [7, 11) is -0.622. The van der Waals surface area contributed by atoms with Crippen molar-refractivity contribution < 1.29 is 13.3 Å². The zero-order valence-corrected chi connectivity index (χ0v) is 12.4. The van der Waals surface area contributed by atoms with Gasteiger partial charge in [-0.3, -0.25) is 0 Å². The first-order valence-electron chi connectivity index (χ1n) is 6.57. The molecule has 0 heterocycles. The van der Waals surface area contributed by atoms with Crippen LogP contribution in [0.2, 0.25) is 6.04 Å². The van der Waals surface area contributed by atoms with Crippen molar-refractivity contribution in [1.29, 1.82) is 0 Å². The Kier molecular flexibility index (Phi) is 10.3. The predicted molar refractivity (Wildman–Crippen MR) is 69.6 cm³/mol. The number of rotatable bonds is 11. The summed E-state index contributed by atoms with van der Waals surface area (Å²) in [5, 5.41) is 0. The molecule has 0 bridgehead atoms. The average Bonchev–Trinajstić information content (AvgIpc) is 2.29. The van der Waals surface area contributed by atoms with Crippen LogP contribution >= 0.6 is 0 Å². The van der Waals surface area contributed by atoms with Gasteiger partial charge in [-0.2, -0.15) is 0 Å². The first-order chi connectivity index (χ1) is 7.74. The molecule has 0 rings (SSSR count). The van der Waals surface area contributed by atoms with E-state index in [2.05, 4.69) is 20.8 Å². The van der Waals surface area contributed by atoms with Crippen molar-refractivity contribution in [2.75, 3.05) is 20.3 Å². The number of hydrogen-bond donors (Lipinski definition) is 0. The molecule has 0 aliphatic rings. The molecule has 0 spiro atoms. The summed E-state index contributed by atoms with van der Waals surface area (Å²) in [5.41, 5.74) is 0. The molecule has 0 aromatic heterocycles. The van der Waals surface area contributed by atoms with Gasteiger partial charge >= 0.3 is 8.80 Å². The SMILES string of the molecule is CCCCO[Si](CCC)(OC)OCCCC. The van der Waals surface area contributed by atoms with Gasteiger partial charge in [-0.25, -0.2) is 0 Å². The van der Waals surface area contributed by atoms with E-state index >= 15 is 0 Å². The predicted octanol–water partition coefficient (Wildman–Crippen LogP) is 3.62. The summed E-state index contributed by atoms with van der Waals surface area (Å²) in [4.78, 5) is 0. The van der Waals surface area contributed by atoms with Crippen LogP contribution in [0.15, 0.2) is 0 Å². The molecule has 0 aromatic rings. The van der Waals surface area contributed by atoms with Crippen molar-refractivity contribution in [3.05, 3.63) is 0 Å². The lowest BCUT2D eigenvalue weighted by Gasteiger charge is -2.27. The van der Waals surface area contributed by atoms with Gasteiger partial charge in [0.2, 0.25) is 0 Å². The summed E-state index contributed by atoms with van der Waals surface area (Å²) in [6.45, 7) is 8.01. The third-order valence-electron chi connectivity index (χ3n) is 2.51. The summed E-state index contributed by atoms with van der Waals surface area (Å²) < 4.78 is 17.4. The normalized spacial score (nSPS) is 12.0. The molecule has 0 amide bonds. The standard InChI is InChI=1S/C12H28O3Si/c1-5-8-10-14-16(13-4,12-7-3)15-11-9-6-2/h5-12H2,1-4H3. The molecule has 0 aliphatic heterocycles. The molecule has 4 heteroatoms. The van der Waals surface area contributed by atoms with E-state index in [1.54, 1.807) is 7.11 Å². The monoisotopic (exact) mass is 248 g/mol. The van der Waals surface area contributed by atoms with Crippen molar-refractivity contribution in [1.82, 2.24) is 0 Å². The van der Waals surface area contributed by atoms with Crippen molar-refractivity contribution in [2.24, 2.45) is 0 Å². The van der Waals surface area contributed by atoms with Crippen LogP contribution in [0.1, 0.15) is 52.9 Å². The lowest BCUT2D eigenvalue weighted by Crippen LogP contribution is -2.45. The molecule has 0 saturated carbocycles. The number of hydrogen-bond acceptors (Lipinski definition) is 3. The first kappa shape index (κ1) is 16.1. The maximum atomic E-state index is 5.90. The van der Waals surface area contributed by atoms with Crippen LogP contribution in [-0.4, -0.2) is 29.1 Å². The van der Waals surface area contributed by atoms with Crippen LogP contribution in [0.4, 0.5) is 0 Å². The van der Waals surface area contributed by atoms with E-state index in [1.165, 1.54) is 0 Å². The largest absolute Gasteiger partial charge is 0.500 e. The average molecular weight is 248 g/mol. The molecule has 0 aromatic carbocycles. The van der Waals surface area contributed by atoms with Crippen molar-refractivity contribution in [3.63, 3.8) is 0 Å². The minimum absolute atomic E-state index is 0.767. The molecule has 0 N–H and O–H groups in total. The minimum atomic E-state index is -2.34. The maximum absolute atomic E-state index is 5.90. The fraction of sp³-hybridized carbons (Fsp3) is 1.00. The van der Waals surface area contributed by atoms with E-state index in [4.69, 9.17) is 13.3 Å².